The van der Waals surface area contributed by atoms with Gasteiger partial charge in [-0.3, -0.25) is 4.79 Å². The van der Waals surface area contributed by atoms with Crippen LogP contribution < -0.4 is 5.43 Å². The standard InChI is InChI=1S/C14H9BrI2N2O2/c15-10-3-1-2-8(4-10)14(21)19-18-7-9-5-11(16)6-12(17)13(9)20/h1-7,20H,(H,19,21)/b18-7-. The summed E-state index contributed by atoms with van der Waals surface area (Å²) >= 11 is 7.51. The van der Waals surface area contributed by atoms with Crippen LogP contribution in [-0.2, 0) is 0 Å². The Hall–Kier alpha value is -0.680. The summed E-state index contributed by atoms with van der Waals surface area (Å²) in [5.41, 5.74) is 3.49. The maximum absolute atomic E-state index is 11.9. The minimum absolute atomic E-state index is 0.150. The van der Waals surface area contributed by atoms with Crippen LogP contribution >= 0.6 is 61.1 Å². The lowest BCUT2D eigenvalue weighted by Gasteiger charge is -2.03. The topological polar surface area (TPSA) is 61.7 Å². The number of phenols is 1. The van der Waals surface area contributed by atoms with E-state index in [1.165, 1.54) is 6.21 Å². The normalized spacial score (nSPS) is 10.8. The van der Waals surface area contributed by atoms with Crippen molar-refractivity contribution in [1.82, 2.24) is 5.43 Å². The summed E-state index contributed by atoms with van der Waals surface area (Å²) < 4.78 is 2.54. The zero-order chi connectivity index (χ0) is 15.4. The van der Waals surface area contributed by atoms with Gasteiger partial charge in [0, 0.05) is 19.2 Å². The molecule has 0 radical (unpaired) electrons. The van der Waals surface area contributed by atoms with Crippen molar-refractivity contribution in [1.29, 1.82) is 0 Å². The Labute approximate surface area is 157 Å². The lowest BCUT2D eigenvalue weighted by atomic mass is 10.2. The maximum atomic E-state index is 11.9. The van der Waals surface area contributed by atoms with E-state index in [1.54, 1.807) is 24.3 Å². The molecule has 0 atom stereocenters. The number of halogens is 3. The molecule has 0 saturated heterocycles. The average Bonchev–Trinajstić information content (AvgIpc) is 2.43. The number of aromatic hydroxyl groups is 1. The highest BCUT2D eigenvalue weighted by Crippen LogP contribution is 2.25. The third-order valence-electron chi connectivity index (χ3n) is 2.51. The van der Waals surface area contributed by atoms with Gasteiger partial charge in [-0.15, -0.1) is 0 Å². The minimum atomic E-state index is -0.313. The molecule has 0 spiro atoms. The molecule has 0 aliphatic carbocycles. The summed E-state index contributed by atoms with van der Waals surface area (Å²) in [6.45, 7) is 0. The van der Waals surface area contributed by atoms with Gasteiger partial charge in [-0.05, 0) is 75.5 Å². The molecule has 0 fully saturated rings. The Morgan fingerprint density at radius 3 is 2.76 bits per heavy atom. The average molecular weight is 571 g/mol. The lowest BCUT2D eigenvalue weighted by molar-refractivity contribution is 0.0955. The number of benzene rings is 2. The Balaban J connectivity index is 2.11. The molecular weight excluding hydrogens is 562 g/mol. The van der Waals surface area contributed by atoms with Crippen molar-refractivity contribution in [2.75, 3.05) is 0 Å². The SMILES string of the molecule is O=C(N/N=C\c1cc(I)cc(I)c1O)c1cccc(Br)c1. The molecule has 2 aromatic rings. The van der Waals surface area contributed by atoms with Crippen molar-refractivity contribution < 1.29 is 9.90 Å². The molecule has 0 saturated carbocycles. The van der Waals surface area contributed by atoms with Crippen LogP contribution in [0.25, 0.3) is 0 Å². The first-order chi connectivity index (χ1) is 9.97. The highest BCUT2D eigenvalue weighted by atomic mass is 127. The fraction of sp³-hybridized carbons (Fsp3) is 0. The van der Waals surface area contributed by atoms with E-state index < -0.39 is 0 Å². The first-order valence-corrected chi connectivity index (χ1v) is 8.69. The van der Waals surface area contributed by atoms with Crippen LogP contribution in [0.5, 0.6) is 5.75 Å². The van der Waals surface area contributed by atoms with Crippen LogP contribution in [0.1, 0.15) is 15.9 Å². The first kappa shape index (κ1) is 16.7. The number of nitrogens with zero attached hydrogens (tertiary/aromatic N) is 1. The van der Waals surface area contributed by atoms with Crippen LogP contribution in [0.15, 0.2) is 46.0 Å². The zero-order valence-electron chi connectivity index (χ0n) is 10.5. The molecule has 2 N–H and O–H groups in total. The van der Waals surface area contributed by atoms with E-state index >= 15 is 0 Å². The largest absolute Gasteiger partial charge is 0.506 e. The molecule has 0 aliphatic rings. The van der Waals surface area contributed by atoms with Crippen molar-refractivity contribution >= 4 is 73.2 Å². The third kappa shape index (κ3) is 4.65. The second-order valence-electron chi connectivity index (χ2n) is 4.03. The second-order valence-corrected chi connectivity index (χ2v) is 7.36. The number of amides is 1. The Morgan fingerprint density at radius 1 is 1.29 bits per heavy atom. The monoisotopic (exact) mass is 570 g/mol. The number of hydrogen-bond acceptors (Lipinski definition) is 3. The van der Waals surface area contributed by atoms with Crippen LogP contribution in [0.3, 0.4) is 0 Å². The van der Waals surface area contributed by atoms with Gasteiger partial charge in [0.25, 0.3) is 5.91 Å². The van der Waals surface area contributed by atoms with Gasteiger partial charge >= 0.3 is 0 Å². The highest BCUT2D eigenvalue weighted by Gasteiger charge is 2.06. The van der Waals surface area contributed by atoms with E-state index in [1.807, 2.05) is 34.7 Å². The summed E-state index contributed by atoms with van der Waals surface area (Å²) in [7, 11) is 0. The molecule has 0 unspecified atom stereocenters. The van der Waals surface area contributed by atoms with Crippen molar-refractivity contribution in [2.24, 2.45) is 5.10 Å². The molecule has 4 nitrogen and oxygen atoms in total. The van der Waals surface area contributed by atoms with Crippen LogP contribution in [0, 0.1) is 7.14 Å². The quantitative estimate of drug-likeness (QED) is 0.331. The van der Waals surface area contributed by atoms with E-state index in [2.05, 4.69) is 49.0 Å². The van der Waals surface area contributed by atoms with E-state index in [4.69, 9.17) is 0 Å². The molecule has 0 heterocycles. The van der Waals surface area contributed by atoms with E-state index in [0.29, 0.717) is 11.1 Å². The Bertz CT molecular complexity index is 720. The van der Waals surface area contributed by atoms with Crippen LogP contribution in [0.4, 0.5) is 0 Å². The van der Waals surface area contributed by atoms with E-state index in [-0.39, 0.29) is 11.7 Å². The van der Waals surface area contributed by atoms with Crippen LogP contribution in [-0.4, -0.2) is 17.2 Å². The molecule has 21 heavy (non-hydrogen) atoms. The second kappa shape index (κ2) is 7.54. The number of phenolic OH excluding ortho intramolecular Hbond substituents is 1. The van der Waals surface area contributed by atoms with E-state index in [9.17, 15) is 9.90 Å². The third-order valence-corrected chi connectivity index (χ3v) is 4.45. The summed E-state index contributed by atoms with van der Waals surface area (Å²) in [6, 6.07) is 10.7. The van der Waals surface area contributed by atoms with Gasteiger partial charge in [0.2, 0.25) is 0 Å². The van der Waals surface area contributed by atoms with Gasteiger partial charge < -0.3 is 5.11 Å². The Kier molecular flexibility index (Phi) is 5.99. The lowest BCUT2D eigenvalue weighted by Crippen LogP contribution is -2.17. The van der Waals surface area contributed by atoms with Gasteiger partial charge in [0.15, 0.2) is 0 Å². The van der Waals surface area contributed by atoms with Crippen molar-refractivity contribution in [3.63, 3.8) is 0 Å². The first-order valence-electron chi connectivity index (χ1n) is 5.74. The van der Waals surface area contributed by atoms with Gasteiger partial charge in [-0.25, -0.2) is 5.43 Å². The molecule has 0 aromatic heterocycles. The number of hydrogen-bond donors (Lipinski definition) is 2. The number of carbonyl (C=O) groups is 1. The summed E-state index contributed by atoms with van der Waals surface area (Å²) in [6.07, 6.45) is 1.43. The molecule has 7 heteroatoms. The molecular formula is C14H9BrI2N2O2. The Morgan fingerprint density at radius 2 is 2.05 bits per heavy atom. The molecule has 1 amide bonds. The van der Waals surface area contributed by atoms with Gasteiger partial charge in [0.1, 0.15) is 5.75 Å². The highest BCUT2D eigenvalue weighted by molar-refractivity contribution is 14.1. The summed E-state index contributed by atoms with van der Waals surface area (Å²) in [5.74, 6) is -0.163. The minimum Gasteiger partial charge on any atom is -0.506 e. The number of hydrazone groups is 1. The predicted molar refractivity (Wildman–Crippen MR) is 103 cm³/mol. The van der Waals surface area contributed by atoms with Gasteiger partial charge in [-0.1, -0.05) is 22.0 Å². The molecule has 2 aromatic carbocycles. The molecule has 108 valence electrons. The number of nitrogens with one attached hydrogen (secondary N) is 1. The van der Waals surface area contributed by atoms with E-state index in [0.717, 1.165) is 11.6 Å². The van der Waals surface area contributed by atoms with Crippen molar-refractivity contribution in [3.05, 3.63) is 59.1 Å². The number of rotatable bonds is 3. The fourth-order valence-electron chi connectivity index (χ4n) is 1.54. The van der Waals surface area contributed by atoms with Gasteiger partial charge in [-0.2, -0.15) is 5.10 Å². The number of carbonyl (C=O) groups excluding carboxylic acids is 1. The fourth-order valence-corrected chi connectivity index (χ4v) is 3.83. The van der Waals surface area contributed by atoms with Crippen molar-refractivity contribution in [2.45, 2.75) is 0 Å². The predicted octanol–water partition coefficient (Wildman–Crippen LogP) is 4.13. The summed E-state index contributed by atoms with van der Waals surface area (Å²) in [4.78, 5) is 11.9. The summed E-state index contributed by atoms with van der Waals surface area (Å²) in [5, 5.41) is 13.8. The molecule has 0 bridgehead atoms. The van der Waals surface area contributed by atoms with Crippen LogP contribution in [0.2, 0.25) is 0 Å². The van der Waals surface area contributed by atoms with Crippen molar-refractivity contribution in [3.8, 4) is 5.75 Å². The maximum Gasteiger partial charge on any atom is 0.271 e. The molecule has 2 rings (SSSR count). The molecule has 0 aliphatic heterocycles. The van der Waals surface area contributed by atoms with Gasteiger partial charge in [0.05, 0.1) is 9.78 Å². The smallest absolute Gasteiger partial charge is 0.271 e. The zero-order valence-corrected chi connectivity index (χ0v) is 16.4.